The number of carbonyl (C=O) groups excluding carboxylic acids is 2. The fraction of sp³-hybridized carbons (Fsp3) is 0.286. The smallest absolute Gasteiger partial charge is 0.292 e. The van der Waals surface area contributed by atoms with Crippen LogP contribution in [0.3, 0.4) is 0 Å². The second-order valence-electron chi connectivity index (χ2n) is 4.80. The molecule has 1 atom stereocenters. The van der Waals surface area contributed by atoms with Gasteiger partial charge in [0.05, 0.1) is 10.5 Å². The number of carbonyl (C=O) groups is 2. The summed E-state index contributed by atoms with van der Waals surface area (Å²) in [4.78, 5) is 37.1. The van der Waals surface area contributed by atoms with E-state index in [1.54, 1.807) is 6.92 Å². The summed E-state index contributed by atoms with van der Waals surface area (Å²) in [7, 11) is 0. The molecule has 1 heterocycles. The van der Waals surface area contributed by atoms with Gasteiger partial charge in [-0.15, -0.1) is 0 Å². The van der Waals surface area contributed by atoms with Crippen molar-refractivity contribution in [2.24, 2.45) is 0 Å². The minimum absolute atomic E-state index is 0.110. The average molecular weight is 289 g/mol. The number of ketones is 1. The molecular formula is C14H15N3O4. The lowest BCUT2D eigenvalue weighted by molar-refractivity contribution is -0.384. The Balaban J connectivity index is 2.37. The van der Waals surface area contributed by atoms with E-state index in [4.69, 9.17) is 0 Å². The van der Waals surface area contributed by atoms with Gasteiger partial charge in [-0.1, -0.05) is 6.92 Å². The molecule has 2 aromatic rings. The van der Waals surface area contributed by atoms with Crippen molar-refractivity contribution in [2.75, 3.05) is 0 Å². The van der Waals surface area contributed by atoms with Crippen molar-refractivity contribution in [1.29, 1.82) is 0 Å². The van der Waals surface area contributed by atoms with Crippen LogP contribution in [0.2, 0.25) is 0 Å². The van der Waals surface area contributed by atoms with Crippen LogP contribution in [0, 0.1) is 10.1 Å². The number of fused-ring (bicyclic) bond motifs is 1. The van der Waals surface area contributed by atoms with E-state index < -0.39 is 16.6 Å². The topological polar surface area (TPSA) is 105 Å². The normalized spacial score (nSPS) is 12.1. The van der Waals surface area contributed by atoms with Crippen molar-refractivity contribution in [3.63, 3.8) is 0 Å². The standard InChI is InChI=1S/C14H15N3O4/c1-3-8(2)16-14(19)13(18)11-7-15-12-5-4-9(17(20)21)6-10(11)12/h4-8,15H,3H2,1-2H3,(H,16,19). The lowest BCUT2D eigenvalue weighted by Gasteiger charge is -2.09. The highest BCUT2D eigenvalue weighted by atomic mass is 16.6. The molecule has 110 valence electrons. The number of aromatic amines is 1. The lowest BCUT2D eigenvalue weighted by Crippen LogP contribution is -2.37. The van der Waals surface area contributed by atoms with Gasteiger partial charge in [-0.25, -0.2) is 0 Å². The second kappa shape index (κ2) is 5.74. The molecule has 7 heteroatoms. The maximum atomic E-state index is 12.2. The summed E-state index contributed by atoms with van der Waals surface area (Å²) in [5.41, 5.74) is 0.577. The zero-order valence-corrected chi connectivity index (χ0v) is 11.7. The Kier molecular flexibility index (Phi) is 4.02. The first-order chi connectivity index (χ1) is 9.93. The molecule has 1 amide bonds. The molecule has 0 saturated heterocycles. The van der Waals surface area contributed by atoms with Gasteiger partial charge in [0.15, 0.2) is 0 Å². The zero-order chi connectivity index (χ0) is 15.6. The molecule has 0 aliphatic rings. The van der Waals surface area contributed by atoms with Crippen LogP contribution in [-0.2, 0) is 4.79 Å². The number of aromatic nitrogens is 1. The van der Waals surface area contributed by atoms with Crippen molar-refractivity contribution in [3.05, 3.63) is 40.1 Å². The third-order valence-corrected chi connectivity index (χ3v) is 3.32. The van der Waals surface area contributed by atoms with Crippen molar-refractivity contribution in [2.45, 2.75) is 26.3 Å². The van der Waals surface area contributed by atoms with Gasteiger partial charge >= 0.3 is 0 Å². The Labute approximate surface area is 120 Å². The van der Waals surface area contributed by atoms with E-state index in [2.05, 4.69) is 10.3 Å². The molecule has 2 rings (SSSR count). The number of nitrogens with zero attached hydrogens (tertiary/aromatic N) is 1. The first-order valence-electron chi connectivity index (χ1n) is 6.54. The van der Waals surface area contributed by atoms with Crippen molar-refractivity contribution in [3.8, 4) is 0 Å². The van der Waals surface area contributed by atoms with Crippen LogP contribution in [0.5, 0.6) is 0 Å². The molecule has 0 aliphatic heterocycles. The Bertz CT molecular complexity index is 720. The molecule has 2 N–H and O–H groups in total. The Hall–Kier alpha value is -2.70. The number of hydrogen-bond donors (Lipinski definition) is 2. The van der Waals surface area contributed by atoms with Gasteiger partial charge in [0.25, 0.3) is 17.4 Å². The van der Waals surface area contributed by atoms with Crippen molar-refractivity contribution in [1.82, 2.24) is 10.3 Å². The van der Waals surface area contributed by atoms with Crippen molar-refractivity contribution < 1.29 is 14.5 Å². The SMILES string of the molecule is CCC(C)NC(=O)C(=O)c1c[nH]c2ccc([N+](=O)[O-])cc12. The van der Waals surface area contributed by atoms with Gasteiger partial charge in [-0.2, -0.15) is 0 Å². The monoisotopic (exact) mass is 289 g/mol. The molecule has 0 bridgehead atoms. The van der Waals surface area contributed by atoms with E-state index in [0.717, 1.165) is 0 Å². The molecule has 21 heavy (non-hydrogen) atoms. The van der Waals surface area contributed by atoms with Crippen LogP contribution in [0.15, 0.2) is 24.4 Å². The van der Waals surface area contributed by atoms with E-state index >= 15 is 0 Å². The lowest BCUT2D eigenvalue weighted by atomic mass is 10.1. The Morgan fingerprint density at radius 3 is 2.76 bits per heavy atom. The fourth-order valence-corrected chi connectivity index (χ4v) is 1.92. The fourth-order valence-electron chi connectivity index (χ4n) is 1.92. The predicted octanol–water partition coefficient (Wildman–Crippen LogP) is 2.17. The summed E-state index contributed by atoms with van der Waals surface area (Å²) < 4.78 is 0. The number of rotatable bonds is 5. The third-order valence-electron chi connectivity index (χ3n) is 3.32. The third kappa shape index (κ3) is 2.91. The number of hydrogen-bond acceptors (Lipinski definition) is 4. The minimum atomic E-state index is -0.711. The average Bonchev–Trinajstić information content (AvgIpc) is 2.88. The molecular weight excluding hydrogens is 274 g/mol. The first kappa shape index (κ1) is 14.7. The maximum absolute atomic E-state index is 12.2. The van der Waals surface area contributed by atoms with Gasteiger partial charge < -0.3 is 10.3 Å². The predicted molar refractivity (Wildman–Crippen MR) is 77.2 cm³/mol. The molecule has 0 fully saturated rings. The molecule has 0 spiro atoms. The number of H-pyrrole nitrogens is 1. The van der Waals surface area contributed by atoms with Crippen LogP contribution in [-0.4, -0.2) is 27.6 Å². The van der Waals surface area contributed by atoms with E-state index in [1.807, 2.05) is 6.92 Å². The highest BCUT2D eigenvalue weighted by Crippen LogP contribution is 2.24. The molecule has 0 aliphatic carbocycles. The number of nitro groups is 1. The summed E-state index contributed by atoms with van der Waals surface area (Å²) in [6, 6.07) is 4.03. The highest BCUT2D eigenvalue weighted by Gasteiger charge is 2.22. The van der Waals surface area contributed by atoms with E-state index in [9.17, 15) is 19.7 Å². The molecule has 7 nitrogen and oxygen atoms in total. The quantitative estimate of drug-likeness (QED) is 0.381. The Morgan fingerprint density at radius 1 is 1.43 bits per heavy atom. The minimum Gasteiger partial charge on any atom is -0.360 e. The molecule has 1 aromatic heterocycles. The van der Waals surface area contributed by atoms with Crippen LogP contribution in [0.25, 0.3) is 10.9 Å². The molecule has 0 saturated carbocycles. The summed E-state index contributed by atoms with van der Waals surface area (Å²) in [5, 5.41) is 13.7. The largest absolute Gasteiger partial charge is 0.360 e. The van der Waals surface area contributed by atoms with Crippen LogP contribution in [0.1, 0.15) is 30.6 Å². The van der Waals surface area contributed by atoms with E-state index in [-0.39, 0.29) is 17.3 Å². The van der Waals surface area contributed by atoms with Gasteiger partial charge in [0, 0.05) is 35.3 Å². The number of non-ortho nitro benzene ring substituents is 1. The zero-order valence-electron chi connectivity index (χ0n) is 11.7. The summed E-state index contributed by atoms with van der Waals surface area (Å²) in [6.07, 6.45) is 2.10. The van der Waals surface area contributed by atoms with Gasteiger partial charge in [-0.3, -0.25) is 19.7 Å². The van der Waals surface area contributed by atoms with Gasteiger partial charge in [-0.05, 0) is 19.4 Å². The number of nitrogens with one attached hydrogen (secondary N) is 2. The van der Waals surface area contributed by atoms with Crippen molar-refractivity contribution >= 4 is 28.3 Å². The van der Waals surface area contributed by atoms with E-state index in [0.29, 0.717) is 17.3 Å². The molecule has 0 radical (unpaired) electrons. The maximum Gasteiger partial charge on any atom is 0.292 e. The summed E-state index contributed by atoms with van der Waals surface area (Å²) in [6.45, 7) is 3.69. The summed E-state index contributed by atoms with van der Waals surface area (Å²) >= 11 is 0. The number of amides is 1. The van der Waals surface area contributed by atoms with E-state index in [1.165, 1.54) is 24.4 Å². The Morgan fingerprint density at radius 2 is 2.14 bits per heavy atom. The van der Waals surface area contributed by atoms with Crippen LogP contribution >= 0.6 is 0 Å². The number of benzene rings is 1. The van der Waals surface area contributed by atoms with Crippen LogP contribution in [0.4, 0.5) is 5.69 Å². The van der Waals surface area contributed by atoms with Crippen LogP contribution < -0.4 is 5.32 Å². The highest BCUT2D eigenvalue weighted by molar-refractivity contribution is 6.45. The molecule has 1 aromatic carbocycles. The molecule has 1 unspecified atom stereocenters. The van der Waals surface area contributed by atoms with Gasteiger partial charge in [0.2, 0.25) is 0 Å². The second-order valence-corrected chi connectivity index (χ2v) is 4.80. The first-order valence-corrected chi connectivity index (χ1v) is 6.54. The summed E-state index contributed by atoms with van der Waals surface area (Å²) in [5.74, 6) is -1.42. The van der Waals surface area contributed by atoms with Gasteiger partial charge in [0.1, 0.15) is 0 Å². The number of Topliss-reactive ketones (excluding diaryl/α,β-unsaturated/α-hetero) is 1. The number of nitro benzene ring substituents is 1.